The van der Waals surface area contributed by atoms with Crippen LogP contribution in [0.15, 0.2) is 49.1 Å². The highest BCUT2D eigenvalue weighted by molar-refractivity contribution is 7.91. The predicted octanol–water partition coefficient (Wildman–Crippen LogP) is 2.83. The topological polar surface area (TPSA) is 89.0 Å². The van der Waals surface area contributed by atoms with E-state index < -0.39 is 10.0 Å². The van der Waals surface area contributed by atoms with Crippen molar-refractivity contribution in [2.75, 3.05) is 39.4 Å². The summed E-state index contributed by atoms with van der Waals surface area (Å²) in [6.07, 6.45) is 1.55. The highest BCUT2D eigenvalue weighted by atomic mass is 32.2. The van der Waals surface area contributed by atoms with Gasteiger partial charge in [0.25, 0.3) is 10.0 Å². The van der Waals surface area contributed by atoms with Gasteiger partial charge in [-0.2, -0.15) is 4.31 Å². The standard InChI is InChI=1S/C19H23N3O5S2/c1-15-11-18(27-20-15)16-12-19(28-14-16)29(23,24)22(13-17-3-2-8-26-17)5-4-21-6-9-25-10-7-21/h2-3,8,11-12,14H,4-7,9-10,13H2,1H3. The normalized spacial score (nSPS) is 15.9. The van der Waals surface area contributed by atoms with Crippen LogP contribution in [0.3, 0.4) is 0 Å². The number of aromatic nitrogens is 1. The monoisotopic (exact) mass is 437 g/mol. The lowest BCUT2D eigenvalue weighted by Crippen LogP contribution is -2.42. The maximum atomic E-state index is 13.4. The van der Waals surface area contributed by atoms with Crippen molar-refractivity contribution in [2.45, 2.75) is 17.7 Å². The Morgan fingerprint density at radius 3 is 2.79 bits per heavy atom. The Morgan fingerprint density at radius 1 is 1.28 bits per heavy atom. The Morgan fingerprint density at radius 2 is 2.10 bits per heavy atom. The molecule has 156 valence electrons. The van der Waals surface area contributed by atoms with E-state index in [4.69, 9.17) is 13.7 Å². The molecule has 0 N–H and O–H groups in total. The van der Waals surface area contributed by atoms with Crippen molar-refractivity contribution < 1.29 is 22.1 Å². The quantitative estimate of drug-likeness (QED) is 0.535. The van der Waals surface area contributed by atoms with Gasteiger partial charge in [0.1, 0.15) is 9.97 Å². The molecule has 4 rings (SSSR count). The molecule has 0 bridgehead atoms. The summed E-state index contributed by atoms with van der Waals surface area (Å²) in [4.78, 5) is 2.21. The van der Waals surface area contributed by atoms with E-state index in [9.17, 15) is 8.42 Å². The summed E-state index contributed by atoms with van der Waals surface area (Å²) in [5.74, 6) is 1.17. The van der Waals surface area contributed by atoms with Crippen molar-refractivity contribution >= 4 is 21.4 Å². The van der Waals surface area contributed by atoms with Crippen molar-refractivity contribution in [3.63, 3.8) is 0 Å². The van der Waals surface area contributed by atoms with E-state index in [1.165, 1.54) is 15.6 Å². The summed E-state index contributed by atoms with van der Waals surface area (Å²) < 4.78 is 44.6. The number of ether oxygens (including phenoxy) is 1. The minimum absolute atomic E-state index is 0.189. The zero-order valence-electron chi connectivity index (χ0n) is 16.1. The lowest BCUT2D eigenvalue weighted by atomic mass is 10.2. The molecular weight excluding hydrogens is 414 g/mol. The Hall–Kier alpha value is -1.98. The minimum Gasteiger partial charge on any atom is -0.468 e. The van der Waals surface area contributed by atoms with Crippen LogP contribution in [0.1, 0.15) is 11.5 Å². The fraction of sp³-hybridized carbons (Fsp3) is 0.421. The molecule has 0 unspecified atom stereocenters. The zero-order chi connectivity index (χ0) is 20.3. The number of rotatable bonds is 8. The highest BCUT2D eigenvalue weighted by Crippen LogP contribution is 2.31. The molecule has 3 aromatic rings. The third-order valence-electron chi connectivity index (χ3n) is 4.76. The number of thiophene rings is 1. The maximum absolute atomic E-state index is 13.4. The van der Waals surface area contributed by atoms with Crippen LogP contribution in [0, 0.1) is 6.92 Å². The fourth-order valence-corrected chi connectivity index (χ4v) is 5.87. The van der Waals surface area contributed by atoms with Crippen LogP contribution < -0.4 is 0 Å². The molecule has 10 heteroatoms. The van der Waals surface area contributed by atoms with E-state index in [0.29, 0.717) is 43.4 Å². The van der Waals surface area contributed by atoms with Gasteiger partial charge in [-0.1, -0.05) is 5.16 Å². The van der Waals surface area contributed by atoms with Gasteiger partial charge >= 0.3 is 0 Å². The van der Waals surface area contributed by atoms with Crippen LogP contribution >= 0.6 is 11.3 Å². The first-order chi connectivity index (χ1) is 14.0. The Bertz CT molecular complexity index is 1020. The van der Waals surface area contributed by atoms with E-state index in [0.717, 1.165) is 18.8 Å². The zero-order valence-corrected chi connectivity index (χ0v) is 17.7. The van der Waals surface area contributed by atoms with E-state index in [1.54, 1.807) is 35.9 Å². The van der Waals surface area contributed by atoms with Crippen LogP contribution in [0.5, 0.6) is 0 Å². The number of hydrogen-bond acceptors (Lipinski definition) is 8. The molecule has 3 aromatic heterocycles. The molecule has 0 atom stereocenters. The van der Waals surface area contributed by atoms with Crippen molar-refractivity contribution in [1.82, 2.24) is 14.4 Å². The molecule has 8 nitrogen and oxygen atoms in total. The van der Waals surface area contributed by atoms with Crippen molar-refractivity contribution in [1.29, 1.82) is 0 Å². The summed E-state index contributed by atoms with van der Waals surface area (Å²) in [5.41, 5.74) is 1.46. The smallest absolute Gasteiger partial charge is 0.253 e. The van der Waals surface area contributed by atoms with Crippen molar-refractivity contribution in [3.05, 3.63) is 47.4 Å². The summed E-state index contributed by atoms with van der Waals surface area (Å²) in [6.45, 7) is 6.00. The lowest BCUT2D eigenvalue weighted by Gasteiger charge is -2.29. The van der Waals surface area contributed by atoms with E-state index in [2.05, 4.69) is 10.1 Å². The number of morpholine rings is 1. The highest BCUT2D eigenvalue weighted by Gasteiger charge is 2.28. The van der Waals surface area contributed by atoms with E-state index in [1.807, 2.05) is 6.92 Å². The number of nitrogens with zero attached hydrogens (tertiary/aromatic N) is 3. The van der Waals surface area contributed by atoms with Gasteiger partial charge in [0.2, 0.25) is 0 Å². The van der Waals surface area contributed by atoms with Gasteiger partial charge in [0, 0.05) is 43.2 Å². The molecule has 4 heterocycles. The second kappa shape index (κ2) is 8.80. The number of furan rings is 1. The van der Waals surface area contributed by atoms with Crippen molar-refractivity contribution in [2.24, 2.45) is 0 Å². The molecule has 0 saturated carbocycles. The van der Waals surface area contributed by atoms with Gasteiger partial charge in [0.15, 0.2) is 5.76 Å². The number of hydrogen-bond donors (Lipinski definition) is 0. The lowest BCUT2D eigenvalue weighted by molar-refractivity contribution is 0.0360. The van der Waals surface area contributed by atoms with Gasteiger partial charge in [0.05, 0.1) is 31.7 Å². The van der Waals surface area contributed by atoms with Gasteiger partial charge in [-0.25, -0.2) is 8.42 Å². The number of sulfonamides is 1. The first kappa shape index (κ1) is 20.3. The molecule has 1 saturated heterocycles. The Kier molecular flexibility index (Phi) is 6.16. The third-order valence-corrected chi connectivity index (χ3v) is 8.02. The van der Waals surface area contributed by atoms with Crippen LogP contribution in [0.4, 0.5) is 0 Å². The van der Waals surface area contributed by atoms with E-state index >= 15 is 0 Å². The molecule has 0 aliphatic carbocycles. The maximum Gasteiger partial charge on any atom is 0.253 e. The first-order valence-electron chi connectivity index (χ1n) is 9.37. The molecule has 0 radical (unpaired) electrons. The molecule has 0 spiro atoms. The fourth-order valence-electron chi connectivity index (χ4n) is 3.15. The molecule has 0 amide bonds. The van der Waals surface area contributed by atoms with Crippen LogP contribution in [-0.4, -0.2) is 62.2 Å². The third kappa shape index (κ3) is 4.78. The second-order valence-corrected chi connectivity index (χ2v) is 9.93. The summed E-state index contributed by atoms with van der Waals surface area (Å²) in [7, 11) is -3.69. The average Bonchev–Trinajstić information content (AvgIpc) is 3.47. The van der Waals surface area contributed by atoms with Crippen LogP contribution in [-0.2, 0) is 21.3 Å². The minimum atomic E-state index is -3.69. The van der Waals surface area contributed by atoms with Crippen LogP contribution in [0.2, 0.25) is 0 Å². The Labute approximate surface area is 173 Å². The number of aryl methyl sites for hydroxylation is 1. The van der Waals surface area contributed by atoms with Gasteiger partial charge in [-0.05, 0) is 25.1 Å². The van der Waals surface area contributed by atoms with Crippen LogP contribution in [0.25, 0.3) is 11.3 Å². The largest absolute Gasteiger partial charge is 0.468 e. The summed E-state index contributed by atoms with van der Waals surface area (Å²) in [5, 5.41) is 5.65. The molecule has 29 heavy (non-hydrogen) atoms. The summed E-state index contributed by atoms with van der Waals surface area (Å²) in [6, 6.07) is 6.98. The van der Waals surface area contributed by atoms with Gasteiger partial charge < -0.3 is 13.7 Å². The predicted molar refractivity (Wildman–Crippen MR) is 108 cm³/mol. The SMILES string of the molecule is Cc1cc(-c2csc(S(=O)(=O)N(CCN3CCOCC3)Cc3ccco3)c2)on1. The summed E-state index contributed by atoms with van der Waals surface area (Å²) >= 11 is 1.18. The molecule has 1 fully saturated rings. The average molecular weight is 438 g/mol. The molecule has 1 aliphatic heterocycles. The Balaban J connectivity index is 1.55. The molecular formula is C19H23N3O5S2. The second-order valence-electron chi connectivity index (χ2n) is 6.86. The van der Waals surface area contributed by atoms with Gasteiger partial charge in [-0.3, -0.25) is 4.90 Å². The molecule has 0 aromatic carbocycles. The molecule has 1 aliphatic rings. The van der Waals surface area contributed by atoms with E-state index in [-0.39, 0.29) is 10.8 Å². The van der Waals surface area contributed by atoms with Crippen molar-refractivity contribution in [3.8, 4) is 11.3 Å². The van der Waals surface area contributed by atoms with Gasteiger partial charge in [-0.15, -0.1) is 11.3 Å². The first-order valence-corrected chi connectivity index (χ1v) is 11.7.